The largest absolute Gasteiger partial charge is 0.338 e. The number of rotatable bonds is 4. The summed E-state index contributed by atoms with van der Waals surface area (Å²) in [5.74, 6) is -0.276. The van der Waals surface area contributed by atoms with Crippen LogP contribution in [0.5, 0.6) is 0 Å². The second-order valence-electron chi connectivity index (χ2n) is 5.30. The minimum absolute atomic E-state index is 0.328. The van der Waals surface area contributed by atoms with Gasteiger partial charge in [0.2, 0.25) is 0 Å². The molecule has 6 heteroatoms. The van der Waals surface area contributed by atoms with E-state index in [4.69, 9.17) is 11.6 Å². The number of halogens is 2. The summed E-state index contributed by atoms with van der Waals surface area (Å²) in [7, 11) is 1.79. The fourth-order valence-electron chi connectivity index (χ4n) is 2.50. The molecule has 1 amide bonds. The molecule has 3 rings (SSSR count). The molecule has 0 fully saturated rings. The van der Waals surface area contributed by atoms with E-state index in [0.717, 1.165) is 0 Å². The van der Waals surface area contributed by atoms with Crippen LogP contribution in [0.3, 0.4) is 0 Å². The first kappa shape index (κ1) is 16.2. The SMILES string of the molecule is Cn1ccnc1[C@@H](NC(=O)c1ccccc1Cl)c1ccccc1F. The van der Waals surface area contributed by atoms with Gasteiger partial charge in [-0.1, -0.05) is 41.9 Å². The molecular formula is C18H15ClFN3O. The van der Waals surface area contributed by atoms with Crippen molar-refractivity contribution in [3.63, 3.8) is 0 Å². The molecule has 1 aromatic heterocycles. The highest BCUT2D eigenvalue weighted by atomic mass is 35.5. The van der Waals surface area contributed by atoms with Crippen LogP contribution in [0, 0.1) is 5.82 Å². The van der Waals surface area contributed by atoms with Crippen LogP contribution in [0.25, 0.3) is 0 Å². The quantitative estimate of drug-likeness (QED) is 0.784. The monoisotopic (exact) mass is 343 g/mol. The molecule has 0 radical (unpaired) electrons. The number of nitrogens with zero attached hydrogens (tertiary/aromatic N) is 2. The summed E-state index contributed by atoms with van der Waals surface area (Å²) in [6.07, 6.45) is 3.34. The number of nitrogens with one attached hydrogen (secondary N) is 1. The number of carbonyl (C=O) groups is 1. The molecule has 122 valence electrons. The zero-order valence-corrected chi connectivity index (χ0v) is 13.7. The Morgan fingerprint density at radius 3 is 2.58 bits per heavy atom. The first-order chi connectivity index (χ1) is 11.6. The van der Waals surface area contributed by atoms with E-state index in [9.17, 15) is 9.18 Å². The molecular weight excluding hydrogens is 329 g/mol. The average Bonchev–Trinajstić information content (AvgIpc) is 2.99. The number of imidazole rings is 1. The van der Waals surface area contributed by atoms with Crippen LogP contribution in [0.1, 0.15) is 27.8 Å². The van der Waals surface area contributed by atoms with Crippen LogP contribution in [0.2, 0.25) is 5.02 Å². The van der Waals surface area contributed by atoms with E-state index in [-0.39, 0.29) is 0 Å². The highest BCUT2D eigenvalue weighted by molar-refractivity contribution is 6.33. The molecule has 4 nitrogen and oxygen atoms in total. The van der Waals surface area contributed by atoms with Crippen LogP contribution in [-0.4, -0.2) is 15.5 Å². The van der Waals surface area contributed by atoms with Crippen molar-refractivity contribution < 1.29 is 9.18 Å². The van der Waals surface area contributed by atoms with E-state index in [1.165, 1.54) is 6.07 Å². The highest BCUT2D eigenvalue weighted by Crippen LogP contribution is 2.24. The molecule has 24 heavy (non-hydrogen) atoms. The number of amides is 1. The summed E-state index contributed by atoms with van der Waals surface area (Å²) < 4.78 is 16.0. The van der Waals surface area contributed by atoms with Crippen LogP contribution in [0.4, 0.5) is 4.39 Å². The maximum atomic E-state index is 14.3. The van der Waals surface area contributed by atoms with E-state index >= 15 is 0 Å². The van der Waals surface area contributed by atoms with Crippen molar-refractivity contribution in [2.75, 3.05) is 0 Å². The summed E-state index contributed by atoms with van der Waals surface area (Å²) in [6, 6.07) is 12.3. The summed E-state index contributed by atoms with van der Waals surface area (Å²) in [6.45, 7) is 0. The van der Waals surface area contributed by atoms with Gasteiger partial charge in [0.05, 0.1) is 10.6 Å². The third kappa shape index (κ3) is 3.16. The van der Waals surface area contributed by atoms with Crippen molar-refractivity contribution in [3.05, 3.63) is 88.7 Å². The van der Waals surface area contributed by atoms with E-state index in [2.05, 4.69) is 10.3 Å². The van der Waals surface area contributed by atoms with Gasteiger partial charge in [0.15, 0.2) is 0 Å². The Morgan fingerprint density at radius 1 is 1.21 bits per heavy atom. The van der Waals surface area contributed by atoms with Gasteiger partial charge in [-0.25, -0.2) is 9.37 Å². The smallest absolute Gasteiger partial charge is 0.253 e. The van der Waals surface area contributed by atoms with E-state index in [0.29, 0.717) is 22.0 Å². The van der Waals surface area contributed by atoms with Crippen LogP contribution < -0.4 is 5.32 Å². The Kier molecular flexibility index (Phi) is 4.62. The molecule has 0 spiro atoms. The summed E-state index contributed by atoms with van der Waals surface area (Å²) >= 11 is 6.08. The fourth-order valence-corrected chi connectivity index (χ4v) is 2.72. The van der Waals surface area contributed by atoms with Crippen molar-refractivity contribution in [2.24, 2.45) is 7.05 Å². The van der Waals surface area contributed by atoms with Gasteiger partial charge in [-0.2, -0.15) is 0 Å². The fraction of sp³-hybridized carbons (Fsp3) is 0.111. The summed E-state index contributed by atoms with van der Waals surface area (Å²) in [5.41, 5.74) is 0.668. The lowest BCUT2D eigenvalue weighted by Crippen LogP contribution is -2.31. The first-order valence-electron chi connectivity index (χ1n) is 7.35. The Morgan fingerprint density at radius 2 is 1.92 bits per heavy atom. The van der Waals surface area contributed by atoms with Gasteiger partial charge in [0.1, 0.15) is 17.7 Å². The summed E-state index contributed by atoms with van der Waals surface area (Å²) in [4.78, 5) is 16.9. The maximum Gasteiger partial charge on any atom is 0.253 e. The summed E-state index contributed by atoms with van der Waals surface area (Å²) in [5, 5.41) is 3.16. The number of benzene rings is 2. The van der Waals surface area contributed by atoms with Gasteiger partial charge in [-0.05, 0) is 18.2 Å². The first-order valence-corrected chi connectivity index (χ1v) is 7.72. The van der Waals surface area contributed by atoms with Crippen molar-refractivity contribution >= 4 is 17.5 Å². The van der Waals surface area contributed by atoms with E-state index in [1.54, 1.807) is 66.5 Å². The molecule has 0 saturated heterocycles. The zero-order chi connectivity index (χ0) is 17.1. The Balaban J connectivity index is 2.00. The third-order valence-corrected chi connectivity index (χ3v) is 4.06. The molecule has 1 atom stereocenters. The van der Waals surface area contributed by atoms with Crippen LogP contribution >= 0.6 is 11.6 Å². The predicted molar refractivity (Wildman–Crippen MR) is 90.4 cm³/mol. The molecule has 0 saturated carbocycles. The Hall–Kier alpha value is -2.66. The van der Waals surface area contributed by atoms with Gasteiger partial charge in [-0.15, -0.1) is 0 Å². The Labute approximate surface area is 143 Å². The van der Waals surface area contributed by atoms with Gasteiger partial charge < -0.3 is 9.88 Å². The maximum absolute atomic E-state index is 14.3. The lowest BCUT2D eigenvalue weighted by Gasteiger charge is -2.20. The lowest BCUT2D eigenvalue weighted by atomic mass is 10.0. The minimum Gasteiger partial charge on any atom is -0.338 e. The van der Waals surface area contributed by atoms with Crippen LogP contribution in [0.15, 0.2) is 60.9 Å². The van der Waals surface area contributed by atoms with Crippen molar-refractivity contribution in [1.82, 2.24) is 14.9 Å². The van der Waals surface area contributed by atoms with E-state index in [1.807, 2.05) is 0 Å². The normalized spacial score (nSPS) is 12.0. The standard InChI is InChI=1S/C18H15ClFN3O/c1-23-11-10-21-17(23)16(13-7-3-5-9-15(13)20)22-18(24)12-6-2-4-8-14(12)19/h2-11,16H,1H3,(H,22,24)/t16-/m0/s1. The zero-order valence-electron chi connectivity index (χ0n) is 12.9. The number of hydrogen-bond acceptors (Lipinski definition) is 2. The average molecular weight is 344 g/mol. The molecule has 0 aliphatic heterocycles. The molecule has 1 N–H and O–H groups in total. The molecule has 0 aliphatic rings. The van der Waals surface area contributed by atoms with Gasteiger partial charge in [0.25, 0.3) is 5.91 Å². The van der Waals surface area contributed by atoms with Gasteiger partial charge in [0, 0.05) is 25.0 Å². The van der Waals surface area contributed by atoms with E-state index < -0.39 is 17.8 Å². The topological polar surface area (TPSA) is 46.9 Å². The van der Waals surface area contributed by atoms with Crippen molar-refractivity contribution in [2.45, 2.75) is 6.04 Å². The predicted octanol–water partition coefficient (Wildman–Crippen LogP) is 3.73. The lowest BCUT2D eigenvalue weighted by molar-refractivity contribution is 0.0941. The number of carbonyl (C=O) groups excluding carboxylic acids is 1. The molecule has 1 heterocycles. The number of aryl methyl sites for hydroxylation is 1. The molecule has 3 aromatic rings. The number of aromatic nitrogens is 2. The highest BCUT2D eigenvalue weighted by Gasteiger charge is 2.24. The molecule has 0 aliphatic carbocycles. The second kappa shape index (κ2) is 6.84. The minimum atomic E-state index is -0.727. The molecule has 0 unspecified atom stereocenters. The molecule has 0 bridgehead atoms. The number of hydrogen-bond donors (Lipinski definition) is 1. The van der Waals surface area contributed by atoms with Crippen molar-refractivity contribution in [1.29, 1.82) is 0 Å². The van der Waals surface area contributed by atoms with Gasteiger partial charge in [-0.3, -0.25) is 4.79 Å². The second-order valence-corrected chi connectivity index (χ2v) is 5.71. The Bertz CT molecular complexity index is 878. The van der Waals surface area contributed by atoms with Crippen LogP contribution in [-0.2, 0) is 7.05 Å². The molecule has 2 aromatic carbocycles. The van der Waals surface area contributed by atoms with Crippen molar-refractivity contribution in [3.8, 4) is 0 Å². The van der Waals surface area contributed by atoms with Gasteiger partial charge >= 0.3 is 0 Å². The third-order valence-electron chi connectivity index (χ3n) is 3.73.